The van der Waals surface area contributed by atoms with Gasteiger partial charge in [-0.1, -0.05) is 5.16 Å². The van der Waals surface area contributed by atoms with E-state index in [0.717, 1.165) is 42.0 Å². The van der Waals surface area contributed by atoms with Crippen molar-refractivity contribution in [1.82, 2.24) is 4.98 Å². The molecule has 3 rings (SSSR count). The molecular weight excluding hydrogens is 252 g/mol. The fraction of sp³-hybridized carbons (Fsp3) is 0.600. The Morgan fingerprint density at radius 3 is 2.40 bits per heavy atom. The van der Waals surface area contributed by atoms with Gasteiger partial charge in [0.1, 0.15) is 5.82 Å². The number of oxime groups is 1. The number of nitrogens with two attached hydrogens (primary N) is 1. The van der Waals surface area contributed by atoms with Gasteiger partial charge in [0.05, 0.1) is 0 Å². The van der Waals surface area contributed by atoms with Crippen LogP contribution in [0.15, 0.2) is 17.3 Å². The van der Waals surface area contributed by atoms with Gasteiger partial charge in [-0.25, -0.2) is 4.98 Å². The molecule has 2 saturated carbocycles. The third kappa shape index (κ3) is 3.21. The van der Waals surface area contributed by atoms with Gasteiger partial charge in [0, 0.05) is 24.3 Å². The van der Waals surface area contributed by atoms with Crippen molar-refractivity contribution >= 4 is 11.7 Å². The number of amidine groups is 1. The fourth-order valence-electron chi connectivity index (χ4n) is 2.50. The fourth-order valence-corrected chi connectivity index (χ4v) is 2.50. The number of pyridine rings is 1. The highest BCUT2D eigenvalue weighted by Gasteiger charge is 2.30. The molecule has 1 aromatic heterocycles. The summed E-state index contributed by atoms with van der Waals surface area (Å²) in [4.78, 5) is 7.03. The second-order valence-electron chi connectivity index (χ2n) is 6.13. The lowest BCUT2D eigenvalue weighted by atomic mass is 10.2. The van der Waals surface area contributed by atoms with Crippen LogP contribution >= 0.6 is 0 Å². The van der Waals surface area contributed by atoms with Gasteiger partial charge in [0.2, 0.25) is 0 Å². The molecule has 5 nitrogen and oxygen atoms in total. The summed E-state index contributed by atoms with van der Waals surface area (Å²) in [5.41, 5.74) is 7.36. The first-order valence-electron chi connectivity index (χ1n) is 7.37. The van der Waals surface area contributed by atoms with Gasteiger partial charge in [-0.2, -0.15) is 0 Å². The molecule has 1 aromatic rings. The minimum absolute atomic E-state index is 0.148. The van der Waals surface area contributed by atoms with Gasteiger partial charge < -0.3 is 15.8 Å². The largest absolute Gasteiger partial charge is 0.409 e. The average molecular weight is 274 g/mol. The maximum Gasteiger partial charge on any atom is 0.170 e. The van der Waals surface area contributed by atoms with Crippen LogP contribution in [0.1, 0.15) is 36.9 Å². The summed E-state index contributed by atoms with van der Waals surface area (Å²) >= 11 is 0. The Bertz CT molecular complexity index is 507. The van der Waals surface area contributed by atoms with E-state index in [1.165, 1.54) is 25.7 Å². The number of rotatable bonds is 6. The van der Waals surface area contributed by atoms with E-state index in [1.807, 2.05) is 19.1 Å². The van der Waals surface area contributed by atoms with Crippen molar-refractivity contribution in [1.29, 1.82) is 0 Å². The van der Waals surface area contributed by atoms with Gasteiger partial charge in [-0.05, 0) is 56.6 Å². The van der Waals surface area contributed by atoms with Crippen LogP contribution in [0.5, 0.6) is 0 Å². The van der Waals surface area contributed by atoms with Crippen molar-refractivity contribution in [3.8, 4) is 0 Å². The van der Waals surface area contributed by atoms with Crippen LogP contribution in [0.3, 0.4) is 0 Å². The van der Waals surface area contributed by atoms with E-state index < -0.39 is 0 Å². The number of hydrogen-bond acceptors (Lipinski definition) is 4. The Kier molecular flexibility index (Phi) is 3.51. The van der Waals surface area contributed by atoms with Crippen LogP contribution in [0.4, 0.5) is 5.82 Å². The number of anilines is 1. The van der Waals surface area contributed by atoms with E-state index in [2.05, 4.69) is 15.0 Å². The quantitative estimate of drug-likeness (QED) is 0.360. The van der Waals surface area contributed by atoms with E-state index in [1.54, 1.807) is 0 Å². The van der Waals surface area contributed by atoms with Crippen LogP contribution in [0, 0.1) is 18.8 Å². The predicted octanol–water partition coefficient (Wildman–Crippen LogP) is 2.11. The molecule has 0 aliphatic heterocycles. The summed E-state index contributed by atoms with van der Waals surface area (Å²) in [5.74, 6) is 2.76. The monoisotopic (exact) mass is 274 g/mol. The van der Waals surface area contributed by atoms with Crippen molar-refractivity contribution < 1.29 is 5.21 Å². The Labute approximate surface area is 119 Å². The van der Waals surface area contributed by atoms with Crippen molar-refractivity contribution in [2.24, 2.45) is 22.7 Å². The zero-order valence-corrected chi connectivity index (χ0v) is 11.9. The van der Waals surface area contributed by atoms with Crippen LogP contribution in [-0.4, -0.2) is 29.1 Å². The maximum atomic E-state index is 8.85. The lowest BCUT2D eigenvalue weighted by molar-refractivity contribution is 0.318. The first-order chi connectivity index (χ1) is 9.65. The van der Waals surface area contributed by atoms with Crippen molar-refractivity contribution in [3.63, 3.8) is 0 Å². The molecule has 0 bridgehead atoms. The highest BCUT2D eigenvalue weighted by molar-refractivity contribution is 5.97. The van der Waals surface area contributed by atoms with Gasteiger partial charge in [0.25, 0.3) is 0 Å². The summed E-state index contributed by atoms with van der Waals surface area (Å²) in [7, 11) is 0. The molecule has 20 heavy (non-hydrogen) atoms. The first-order valence-corrected chi connectivity index (χ1v) is 7.37. The lowest BCUT2D eigenvalue weighted by Gasteiger charge is -2.24. The molecule has 2 fully saturated rings. The summed E-state index contributed by atoms with van der Waals surface area (Å²) < 4.78 is 0. The Hall–Kier alpha value is -1.78. The van der Waals surface area contributed by atoms with Gasteiger partial charge >= 0.3 is 0 Å². The summed E-state index contributed by atoms with van der Waals surface area (Å²) in [6.07, 6.45) is 5.33. The topological polar surface area (TPSA) is 74.7 Å². The number of hydrogen-bond donors (Lipinski definition) is 2. The molecule has 0 spiro atoms. The highest BCUT2D eigenvalue weighted by Crippen LogP contribution is 2.35. The molecule has 3 N–H and O–H groups in total. The van der Waals surface area contributed by atoms with E-state index in [-0.39, 0.29) is 5.84 Å². The van der Waals surface area contributed by atoms with Gasteiger partial charge in [0.15, 0.2) is 5.84 Å². The maximum absolute atomic E-state index is 8.85. The predicted molar refractivity (Wildman–Crippen MR) is 79.1 cm³/mol. The zero-order valence-electron chi connectivity index (χ0n) is 11.9. The molecule has 5 heteroatoms. The number of aryl methyl sites for hydroxylation is 1. The van der Waals surface area contributed by atoms with Crippen molar-refractivity contribution in [2.75, 3.05) is 18.0 Å². The smallest absolute Gasteiger partial charge is 0.170 e. The highest BCUT2D eigenvalue weighted by atomic mass is 16.4. The SMILES string of the molecule is Cc1cc(/C(N)=N/O)cc(N(CC2CC2)CC2CC2)n1. The second-order valence-corrected chi connectivity index (χ2v) is 6.13. The van der Waals surface area contributed by atoms with Crippen molar-refractivity contribution in [3.05, 3.63) is 23.4 Å². The molecule has 2 aliphatic rings. The third-order valence-corrected chi connectivity index (χ3v) is 4.02. The average Bonchev–Trinajstić information content (AvgIpc) is 3.31. The first kappa shape index (κ1) is 13.2. The summed E-state index contributed by atoms with van der Waals surface area (Å²) in [6, 6.07) is 3.79. The van der Waals surface area contributed by atoms with E-state index in [0.29, 0.717) is 0 Å². The molecule has 2 aliphatic carbocycles. The van der Waals surface area contributed by atoms with Crippen LogP contribution in [-0.2, 0) is 0 Å². The van der Waals surface area contributed by atoms with Gasteiger partial charge in [-0.15, -0.1) is 0 Å². The standard InChI is InChI=1S/C15H22N4O/c1-10-6-13(15(16)18-20)7-14(17-10)19(8-11-2-3-11)9-12-4-5-12/h6-7,11-12,20H,2-5,8-9H2,1H3,(H2,16,18). The normalized spacial score (nSPS) is 19.1. The minimum Gasteiger partial charge on any atom is -0.409 e. The minimum atomic E-state index is 0.148. The van der Waals surface area contributed by atoms with Gasteiger partial charge in [-0.3, -0.25) is 0 Å². The molecule has 0 saturated heterocycles. The molecule has 0 radical (unpaired) electrons. The zero-order chi connectivity index (χ0) is 14.1. The Morgan fingerprint density at radius 1 is 1.30 bits per heavy atom. The van der Waals surface area contributed by atoms with Crippen LogP contribution < -0.4 is 10.6 Å². The van der Waals surface area contributed by atoms with E-state index in [4.69, 9.17) is 10.9 Å². The number of aromatic nitrogens is 1. The molecule has 108 valence electrons. The van der Waals surface area contributed by atoms with E-state index in [9.17, 15) is 0 Å². The molecule has 0 atom stereocenters. The Morgan fingerprint density at radius 2 is 1.90 bits per heavy atom. The van der Waals surface area contributed by atoms with Crippen molar-refractivity contribution in [2.45, 2.75) is 32.6 Å². The molecule has 0 aromatic carbocycles. The lowest BCUT2D eigenvalue weighted by Crippen LogP contribution is -2.29. The van der Waals surface area contributed by atoms with E-state index >= 15 is 0 Å². The third-order valence-electron chi connectivity index (χ3n) is 4.02. The summed E-state index contributed by atoms with van der Waals surface area (Å²) in [5, 5.41) is 11.9. The molecule has 1 heterocycles. The molecule has 0 unspecified atom stereocenters. The van der Waals surface area contributed by atoms with Crippen LogP contribution in [0.25, 0.3) is 0 Å². The van der Waals surface area contributed by atoms with Crippen LogP contribution in [0.2, 0.25) is 0 Å². The second kappa shape index (κ2) is 5.31. The molecule has 0 amide bonds. The summed E-state index contributed by atoms with van der Waals surface area (Å²) in [6.45, 7) is 4.12. The molecular formula is C15H22N4O. The Balaban J connectivity index is 1.85. The number of nitrogens with zero attached hydrogens (tertiary/aromatic N) is 3.